The first-order chi connectivity index (χ1) is 14.3. The van der Waals surface area contributed by atoms with Crippen molar-refractivity contribution in [2.75, 3.05) is 0 Å². The van der Waals surface area contributed by atoms with E-state index in [1.165, 1.54) is 0 Å². The normalized spacial score (nSPS) is 19.7. The molecule has 1 fully saturated rings. The lowest BCUT2D eigenvalue weighted by Gasteiger charge is -2.34. The first kappa shape index (κ1) is 23.2. The number of hydrogen-bond donors (Lipinski definition) is 0. The van der Waals surface area contributed by atoms with Crippen molar-refractivity contribution >= 4 is 15.6 Å². The van der Waals surface area contributed by atoms with Crippen molar-refractivity contribution < 1.29 is 39.6 Å². The molecule has 0 amide bonds. The maximum atomic E-state index is 12.8. The summed E-state index contributed by atoms with van der Waals surface area (Å²) < 4.78 is 101. The summed E-state index contributed by atoms with van der Waals surface area (Å²) in [6.45, 7) is 0. The van der Waals surface area contributed by atoms with Gasteiger partial charge in [-0.3, -0.25) is 9.78 Å². The summed E-state index contributed by atoms with van der Waals surface area (Å²) in [6.07, 6.45) is -7.93. The molecule has 1 saturated carbocycles. The van der Waals surface area contributed by atoms with Gasteiger partial charge in [-0.15, -0.1) is 0 Å². The predicted octanol–water partition coefficient (Wildman–Crippen LogP) is 5.33. The van der Waals surface area contributed by atoms with Gasteiger partial charge in [0.15, 0.2) is 15.6 Å². The highest BCUT2D eigenvalue weighted by molar-refractivity contribution is 7.92. The van der Waals surface area contributed by atoms with Gasteiger partial charge >= 0.3 is 12.4 Å². The average molecular weight is 465 g/mol. The minimum absolute atomic E-state index is 0.0145. The van der Waals surface area contributed by atoms with Crippen molar-refractivity contribution in [2.45, 2.75) is 48.2 Å². The molecule has 1 aliphatic rings. The number of halogens is 6. The second kappa shape index (κ2) is 8.25. The van der Waals surface area contributed by atoms with Crippen LogP contribution in [0.5, 0.6) is 0 Å². The van der Waals surface area contributed by atoms with Gasteiger partial charge in [0.05, 0.1) is 21.3 Å². The van der Waals surface area contributed by atoms with Gasteiger partial charge in [-0.2, -0.15) is 26.3 Å². The number of alkyl halides is 6. The molecule has 1 aromatic carbocycles. The number of carbonyl (C=O) groups is 1. The first-order valence-electron chi connectivity index (χ1n) is 9.26. The molecule has 31 heavy (non-hydrogen) atoms. The molecule has 1 aliphatic carbocycles. The Morgan fingerprint density at radius 1 is 0.968 bits per heavy atom. The molecule has 0 spiro atoms. The van der Waals surface area contributed by atoms with Crippen molar-refractivity contribution in [3.8, 4) is 0 Å². The van der Waals surface area contributed by atoms with Crippen molar-refractivity contribution in [3.63, 3.8) is 0 Å². The Morgan fingerprint density at radius 3 is 2.16 bits per heavy atom. The molecule has 0 N–H and O–H groups in total. The molecule has 1 aromatic heterocycles. The van der Waals surface area contributed by atoms with Crippen molar-refractivity contribution in [1.82, 2.24) is 4.98 Å². The van der Waals surface area contributed by atoms with Crippen LogP contribution in [0.25, 0.3) is 0 Å². The van der Waals surface area contributed by atoms with Crippen LogP contribution in [-0.2, 0) is 22.2 Å². The SMILES string of the molecule is O=C(CCC1CC(S(=O)(=O)c2cccc(C(F)(F)F)c2)C1)c1ccc(C(F)(F)F)cn1. The number of ketones is 1. The molecule has 0 saturated heterocycles. The van der Waals surface area contributed by atoms with E-state index < -0.39 is 49.2 Å². The molecule has 0 unspecified atom stereocenters. The van der Waals surface area contributed by atoms with Crippen LogP contribution in [0.3, 0.4) is 0 Å². The highest BCUT2D eigenvalue weighted by Gasteiger charge is 2.40. The number of hydrogen-bond acceptors (Lipinski definition) is 4. The molecule has 4 nitrogen and oxygen atoms in total. The van der Waals surface area contributed by atoms with E-state index in [1.807, 2.05) is 0 Å². The summed E-state index contributed by atoms with van der Waals surface area (Å²) in [6, 6.07) is 5.33. The van der Waals surface area contributed by atoms with E-state index >= 15 is 0 Å². The Balaban J connectivity index is 1.55. The molecular formula is C20H17F6NO3S. The second-order valence-electron chi connectivity index (χ2n) is 7.42. The molecular weight excluding hydrogens is 448 g/mol. The number of benzene rings is 1. The van der Waals surface area contributed by atoms with Gasteiger partial charge in [-0.05, 0) is 55.5 Å². The Morgan fingerprint density at radius 2 is 1.61 bits per heavy atom. The van der Waals surface area contributed by atoms with Crippen LogP contribution in [0.1, 0.15) is 47.3 Å². The van der Waals surface area contributed by atoms with Crippen LogP contribution in [0.2, 0.25) is 0 Å². The number of Topliss-reactive ketones (excluding diaryl/α,β-unsaturated/α-hetero) is 1. The maximum Gasteiger partial charge on any atom is 0.417 e. The molecule has 3 rings (SSSR count). The standard InChI is InChI=1S/C20H17F6NO3S/c21-19(22,23)13-2-1-3-15(10-13)31(29,30)16-8-12(9-16)4-7-18(28)17-6-5-14(11-27-17)20(24,25)26/h1-3,5-6,10-12,16H,4,7-9H2. The lowest BCUT2D eigenvalue weighted by Crippen LogP contribution is -2.36. The summed E-state index contributed by atoms with van der Waals surface area (Å²) in [7, 11) is -3.93. The fourth-order valence-electron chi connectivity index (χ4n) is 3.40. The summed E-state index contributed by atoms with van der Waals surface area (Å²) in [4.78, 5) is 15.3. The molecule has 0 bridgehead atoms. The van der Waals surface area contributed by atoms with Gasteiger partial charge in [0.1, 0.15) is 5.69 Å². The average Bonchev–Trinajstić information content (AvgIpc) is 2.65. The number of sulfone groups is 1. The monoisotopic (exact) mass is 465 g/mol. The van der Waals surface area contributed by atoms with Gasteiger partial charge in [0.2, 0.25) is 0 Å². The summed E-state index contributed by atoms with van der Waals surface area (Å²) in [5.74, 6) is -0.582. The number of rotatable bonds is 6. The maximum absolute atomic E-state index is 12.8. The van der Waals surface area contributed by atoms with E-state index in [0.29, 0.717) is 18.7 Å². The minimum Gasteiger partial charge on any atom is -0.292 e. The van der Waals surface area contributed by atoms with Crippen LogP contribution in [0, 0.1) is 5.92 Å². The zero-order valence-corrected chi connectivity index (χ0v) is 16.7. The highest BCUT2D eigenvalue weighted by atomic mass is 32.2. The molecule has 2 aromatic rings. The van der Waals surface area contributed by atoms with Crippen LogP contribution in [-0.4, -0.2) is 24.4 Å². The van der Waals surface area contributed by atoms with E-state index in [2.05, 4.69) is 4.98 Å². The van der Waals surface area contributed by atoms with Gasteiger partial charge in [-0.1, -0.05) is 6.07 Å². The Hall–Kier alpha value is -2.43. The minimum atomic E-state index is -4.65. The van der Waals surface area contributed by atoms with Gasteiger partial charge in [-0.25, -0.2) is 8.42 Å². The molecule has 1 heterocycles. The smallest absolute Gasteiger partial charge is 0.292 e. The third-order valence-corrected chi connectivity index (χ3v) is 7.45. The largest absolute Gasteiger partial charge is 0.417 e. The van der Waals surface area contributed by atoms with Crippen LogP contribution in [0.15, 0.2) is 47.5 Å². The Kier molecular flexibility index (Phi) is 6.18. The fraction of sp³-hybridized carbons (Fsp3) is 0.400. The lowest BCUT2D eigenvalue weighted by atomic mass is 9.81. The van der Waals surface area contributed by atoms with E-state index in [4.69, 9.17) is 0 Å². The zero-order valence-electron chi connectivity index (χ0n) is 15.9. The third kappa shape index (κ3) is 5.25. The summed E-state index contributed by atoms with van der Waals surface area (Å²) in [5, 5.41) is -0.833. The van der Waals surface area contributed by atoms with Crippen LogP contribution >= 0.6 is 0 Å². The number of aromatic nitrogens is 1. The van der Waals surface area contributed by atoms with E-state index in [-0.39, 0.29) is 30.9 Å². The second-order valence-corrected chi connectivity index (χ2v) is 9.65. The first-order valence-corrected chi connectivity index (χ1v) is 10.8. The molecule has 0 radical (unpaired) electrons. The summed E-state index contributed by atoms with van der Waals surface area (Å²) >= 11 is 0. The van der Waals surface area contributed by atoms with Gasteiger partial charge in [0.25, 0.3) is 0 Å². The van der Waals surface area contributed by atoms with Crippen molar-refractivity contribution in [3.05, 3.63) is 59.4 Å². The Labute approximate surface area is 174 Å². The zero-order chi connectivity index (χ0) is 23.0. The van der Waals surface area contributed by atoms with E-state index in [9.17, 15) is 39.6 Å². The number of nitrogens with zero attached hydrogens (tertiary/aromatic N) is 1. The molecule has 0 aliphatic heterocycles. The number of carbonyl (C=O) groups excluding carboxylic acids is 1. The molecule has 11 heteroatoms. The lowest BCUT2D eigenvalue weighted by molar-refractivity contribution is -0.138. The quantitative estimate of drug-likeness (QED) is 0.427. The molecule has 168 valence electrons. The van der Waals surface area contributed by atoms with E-state index in [1.54, 1.807) is 0 Å². The predicted molar refractivity (Wildman–Crippen MR) is 97.9 cm³/mol. The van der Waals surface area contributed by atoms with Gasteiger partial charge < -0.3 is 0 Å². The molecule has 0 atom stereocenters. The fourth-order valence-corrected chi connectivity index (χ4v) is 5.39. The van der Waals surface area contributed by atoms with E-state index in [0.717, 1.165) is 30.3 Å². The van der Waals surface area contributed by atoms with Gasteiger partial charge in [0, 0.05) is 12.6 Å². The highest BCUT2D eigenvalue weighted by Crippen LogP contribution is 2.40. The topological polar surface area (TPSA) is 64.1 Å². The third-order valence-electron chi connectivity index (χ3n) is 5.28. The van der Waals surface area contributed by atoms with Crippen molar-refractivity contribution in [2.24, 2.45) is 5.92 Å². The van der Waals surface area contributed by atoms with Crippen LogP contribution < -0.4 is 0 Å². The number of pyridine rings is 1. The van der Waals surface area contributed by atoms with Crippen LogP contribution in [0.4, 0.5) is 26.3 Å². The summed E-state index contributed by atoms with van der Waals surface area (Å²) in [5.41, 5.74) is -2.12. The van der Waals surface area contributed by atoms with Crippen molar-refractivity contribution in [1.29, 1.82) is 0 Å². The Bertz CT molecular complexity index is 1060.